The Labute approximate surface area is 277 Å². The predicted octanol–water partition coefficient (Wildman–Crippen LogP) is -0.173. The third-order valence-corrected chi connectivity index (χ3v) is 10.5. The zero-order chi connectivity index (χ0) is 36.5. The highest BCUT2D eigenvalue weighted by atomic mass is 19.1. The molecule has 2 fully saturated rings. The van der Waals surface area contributed by atoms with Gasteiger partial charge in [0.2, 0.25) is 5.78 Å². The van der Waals surface area contributed by atoms with Crippen LogP contribution in [-0.4, -0.2) is 111 Å². The van der Waals surface area contributed by atoms with E-state index in [0.717, 1.165) is 0 Å². The maximum atomic E-state index is 17.2. The van der Waals surface area contributed by atoms with Crippen LogP contribution in [0.1, 0.15) is 46.0 Å². The van der Waals surface area contributed by atoms with Crippen molar-refractivity contribution in [1.29, 1.82) is 0 Å². The van der Waals surface area contributed by atoms with E-state index >= 15 is 4.39 Å². The number of hydrogen-bond acceptors (Lipinski definition) is 17. The third kappa shape index (κ3) is 6.69. The lowest BCUT2D eigenvalue weighted by Gasteiger charge is -2.61. The molecule has 19 nitrogen and oxygen atoms in total. The molecule has 0 amide bonds. The van der Waals surface area contributed by atoms with E-state index in [1.165, 1.54) is 19.1 Å². The maximum Gasteiger partial charge on any atom is 0.508 e. The Bertz CT molecular complexity index is 1440. The minimum absolute atomic E-state index is 0.00367. The molecule has 0 bridgehead atoms. The van der Waals surface area contributed by atoms with Gasteiger partial charge in [0.1, 0.15) is 25.4 Å². The Balaban J connectivity index is 1.33. The van der Waals surface area contributed by atoms with Gasteiger partial charge in [0.25, 0.3) is 10.2 Å². The van der Waals surface area contributed by atoms with Gasteiger partial charge in [-0.3, -0.25) is 14.4 Å². The Morgan fingerprint density at radius 1 is 1.08 bits per heavy atom. The lowest BCUT2D eigenvalue weighted by molar-refractivity contribution is -0.790. The minimum Gasteiger partial charge on any atom is -0.456 e. The van der Waals surface area contributed by atoms with Crippen LogP contribution in [0.25, 0.3) is 0 Å². The van der Waals surface area contributed by atoms with E-state index in [0.29, 0.717) is 5.57 Å². The Morgan fingerprint density at radius 3 is 2.43 bits per heavy atom. The van der Waals surface area contributed by atoms with Gasteiger partial charge < -0.3 is 44.9 Å². The van der Waals surface area contributed by atoms with Gasteiger partial charge in [-0.2, -0.15) is 0 Å². The second-order valence-corrected chi connectivity index (χ2v) is 13.1. The Hall–Kier alpha value is -4.27. The number of aliphatic hydroxyl groups excluding tert-OH is 2. The van der Waals surface area contributed by atoms with E-state index in [1.54, 1.807) is 13.0 Å². The molecule has 20 heteroatoms. The molecule has 0 aromatic rings. The van der Waals surface area contributed by atoms with Crippen molar-refractivity contribution in [2.45, 2.75) is 81.6 Å². The van der Waals surface area contributed by atoms with Gasteiger partial charge in [0.15, 0.2) is 23.7 Å². The van der Waals surface area contributed by atoms with Crippen LogP contribution in [0.4, 0.5) is 9.18 Å². The first kappa shape index (κ1) is 37.5. The number of aliphatic hydroxyl groups is 3. The normalized spacial score (nSPS) is 35.7. The number of nitrogens with two attached hydrogens (primary N) is 1. The number of hydrogen-bond donors (Lipinski definition) is 4. The van der Waals surface area contributed by atoms with Gasteiger partial charge in [0, 0.05) is 29.6 Å². The fourth-order valence-electron chi connectivity index (χ4n) is 7.96. The Morgan fingerprint density at radius 2 is 1.78 bits per heavy atom. The summed E-state index contributed by atoms with van der Waals surface area (Å²) in [4.78, 5) is 78.8. The van der Waals surface area contributed by atoms with Crippen molar-refractivity contribution in [3.63, 3.8) is 0 Å². The largest absolute Gasteiger partial charge is 0.508 e. The molecule has 0 aromatic heterocycles. The summed E-state index contributed by atoms with van der Waals surface area (Å²) in [5, 5.41) is 52.5. The summed E-state index contributed by atoms with van der Waals surface area (Å²) >= 11 is 0. The van der Waals surface area contributed by atoms with E-state index in [1.807, 2.05) is 0 Å². The van der Waals surface area contributed by atoms with Crippen LogP contribution < -0.4 is 5.73 Å². The highest BCUT2D eigenvalue weighted by molar-refractivity contribution is 5.94. The smallest absolute Gasteiger partial charge is 0.456 e. The van der Waals surface area contributed by atoms with E-state index in [9.17, 15) is 54.7 Å². The van der Waals surface area contributed by atoms with Crippen molar-refractivity contribution in [3.05, 3.63) is 44.0 Å². The average Bonchev–Trinajstić information content (AvgIpc) is 3.23. The standard InChI is InChI=1S/C29H38FN3O16/c1-26-7-5-16(34)9-15(26)3-4-18-19-10-21(35)29(40,27(19,2)11-22(36)28(18,26)30)23(37)14-46-24(38)20(31)13-47-25(39)45-8-6-17(49-33(43)44)12-48-32(41)42/h3,5,7,17-22,35-36,40H,4,6,8-14,31H2,1-2H3/t17?,18-,19-,20?,21+,22-,26-,27-,28-,29-/m0/s1. The van der Waals surface area contributed by atoms with E-state index in [4.69, 9.17) is 10.5 Å². The topological polar surface area (TPSA) is 287 Å². The van der Waals surface area contributed by atoms with Gasteiger partial charge in [-0.05, 0) is 38.2 Å². The lowest BCUT2D eigenvalue weighted by Crippen LogP contribution is -2.69. The second-order valence-electron chi connectivity index (χ2n) is 13.1. The van der Waals surface area contributed by atoms with Crippen molar-refractivity contribution in [2.24, 2.45) is 28.4 Å². The molecular formula is C29H38FN3O16. The molecule has 4 aliphatic carbocycles. The summed E-state index contributed by atoms with van der Waals surface area (Å²) in [6.07, 6.45) is -2.74. The summed E-state index contributed by atoms with van der Waals surface area (Å²) in [5.74, 6) is -4.33. The zero-order valence-electron chi connectivity index (χ0n) is 26.6. The average molecular weight is 704 g/mol. The number of rotatable bonds is 14. The number of nitrogens with zero attached hydrogens (tertiary/aromatic N) is 2. The zero-order valence-corrected chi connectivity index (χ0v) is 26.6. The van der Waals surface area contributed by atoms with Crippen LogP contribution >= 0.6 is 0 Å². The number of allylic oxidation sites excluding steroid dienone is 4. The summed E-state index contributed by atoms with van der Waals surface area (Å²) in [6, 6.07) is -1.66. The van der Waals surface area contributed by atoms with Crippen LogP contribution in [0, 0.1) is 42.9 Å². The van der Waals surface area contributed by atoms with E-state index in [-0.39, 0.29) is 25.0 Å². The highest BCUT2D eigenvalue weighted by Crippen LogP contribution is 2.69. The summed E-state index contributed by atoms with van der Waals surface area (Å²) in [6.45, 7) is -0.242. The second kappa shape index (κ2) is 13.9. The van der Waals surface area contributed by atoms with Crippen LogP contribution in [0.15, 0.2) is 23.8 Å². The van der Waals surface area contributed by atoms with Crippen LogP contribution in [0.3, 0.4) is 0 Å². The van der Waals surface area contributed by atoms with Crippen molar-refractivity contribution in [1.82, 2.24) is 0 Å². The number of Topliss-reactive ketones (excluding diaryl/α,β-unsaturated/α-hetero) is 1. The lowest BCUT2D eigenvalue weighted by atomic mass is 9.45. The van der Waals surface area contributed by atoms with Gasteiger partial charge in [-0.25, -0.2) is 9.18 Å². The van der Waals surface area contributed by atoms with Crippen molar-refractivity contribution >= 4 is 23.7 Å². The minimum atomic E-state index is -2.56. The number of alkyl halides is 1. The van der Waals surface area contributed by atoms with Crippen molar-refractivity contribution in [2.75, 3.05) is 26.4 Å². The molecule has 10 atom stereocenters. The van der Waals surface area contributed by atoms with Gasteiger partial charge in [-0.15, -0.1) is 20.2 Å². The van der Waals surface area contributed by atoms with Crippen molar-refractivity contribution < 1.29 is 72.9 Å². The van der Waals surface area contributed by atoms with Crippen LogP contribution in [0.5, 0.6) is 0 Å². The molecule has 0 radical (unpaired) electrons. The number of halogens is 1. The predicted molar refractivity (Wildman–Crippen MR) is 155 cm³/mol. The third-order valence-electron chi connectivity index (χ3n) is 10.5. The molecule has 272 valence electrons. The fourth-order valence-corrected chi connectivity index (χ4v) is 7.96. The molecule has 0 heterocycles. The first-order valence-electron chi connectivity index (χ1n) is 15.3. The Kier molecular flexibility index (Phi) is 10.7. The molecule has 0 aromatic carbocycles. The number of fused-ring (bicyclic) bond motifs is 5. The summed E-state index contributed by atoms with van der Waals surface area (Å²) in [7, 11) is 0. The number of carbonyl (C=O) groups is 4. The quantitative estimate of drug-likeness (QED) is 0.0790. The van der Waals surface area contributed by atoms with E-state index in [2.05, 4.69) is 19.1 Å². The molecular weight excluding hydrogens is 665 g/mol. The molecule has 0 saturated heterocycles. The van der Waals surface area contributed by atoms with Gasteiger partial charge in [0.05, 0.1) is 18.8 Å². The fraction of sp³-hybridized carbons (Fsp3) is 0.724. The number of esters is 1. The van der Waals surface area contributed by atoms with Crippen LogP contribution in [-0.2, 0) is 38.3 Å². The van der Waals surface area contributed by atoms with Crippen LogP contribution in [0.2, 0.25) is 0 Å². The summed E-state index contributed by atoms with van der Waals surface area (Å²) < 4.78 is 31.5. The van der Waals surface area contributed by atoms with Gasteiger partial charge in [-0.1, -0.05) is 24.6 Å². The molecule has 4 aliphatic rings. The SMILES string of the molecule is C[C@]12C=CC(=O)CC1=CC[C@H]1[C@@H]3C[C@@H](O)[C@](O)(C(=O)COC(=O)C(N)COC(=O)OCCC(CO[N+](=O)[O-])O[N+](=O)[O-])[C@@]3(C)C[C@H](O)[C@@]12F. The number of ether oxygens (including phenoxy) is 3. The van der Waals surface area contributed by atoms with E-state index < -0.39 is 126 Å². The van der Waals surface area contributed by atoms with Gasteiger partial charge >= 0.3 is 12.1 Å². The monoisotopic (exact) mass is 703 g/mol. The number of ketones is 2. The summed E-state index contributed by atoms with van der Waals surface area (Å²) in [5.41, 5.74) is -1.53. The molecule has 2 unspecified atom stereocenters. The first-order valence-corrected chi connectivity index (χ1v) is 15.3. The number of carbonyl (C=O) groups excluding carboxylic acids is 4. The molecule has 4 rings (SSSR count). The highest BCUT2D eigenvalue weighted by Gasteiger charge is 2.76. The molecule has 0 spiro atoms. The molecule has 5 N–H and O–H groups in total. The molecule has 0 aliphatic heterocycles. The molecule has 2 saturated carbocycles. The first-order chi connectivity index (χ1) is 22.8. The molecule has 49 heavy (non-hydrogen) atoms. The maximum absolute atomic E-state index is 17.2. The van der Waals surface area contributed by atoms with Crippen molar-refractivity contribution in [3.8, 4) is 0 Å².